The Balaban J connectivity index is 1.61. The molecule has 0 radical (unpaired) electrons. The summed E-state index contributed by atoms with van der Waals surface area (Å²) >= 11 is 0. The number of hydrogen-bond acceptors (Lipinski definition) is 7. The fourth-order valence-electron chi connectivity index (χ4n) is 4.27. The number of ether oxygens (including phenoxy) is 2. The Hall–Kier alpha value is -3.06. The van der Waals surface area contributed by atoms with E-state index >= 15 is 0 Å². The number of likely N-dealkylation sites (tertiary alicyclic amines) is 1. The summed E-state index contributed by atoms with van der Waals surface area (Å²) in [5, 5.41) is 10.7. The number of carbonyl (C=O) groups is 2. The van der Waals surface area contributed by atoms with Crippen molar-refractivity contribution in [2.24, 2.45) is 5.92 Å². The molecule has 1 N–H and O–H groups in total. The second-order valence-corrected chi connectivity index (χ2v) is 8.11. The molecule has 0 saturated carbocycles. The highest BCUT2D eigenvalue weighted by Gasteiger charge is 2.35. The molecule has 7 heteroatoms. The summed E-state index contributed by atoms with van der Waals surface area (Å²) in [6.45, 7) is 7.49. The molecule has 164 valence electrons. The van der Waals surface area contributed by atoms with Crippen LogP contribution in [0.25, 0.3) is 6.08 Å². The van der Waals surface area contributed by atoms with Gasteiger partial charge in [0.05, 0.1) is 23.7 Å². The summed E-state index contributed by atoms with van der Waals surface area (Å²) in [4.78, 5) is 27.3. The Morgan fingerprint density at radius 2 is 2.16 bits per heavy atom. The first-order valence-electron chi connectivity index (χ1n) is 10.6. The van der Waals surface area contributed by atoms with Crippen molar-refractivity contribution in [2.45, 2.75) is 40.2 Å². The third kappa shape index (κ3) is 4.23. The normalized spacial score (nSPS) is 20.0. The fraction of sp³-hybridized carbons (Fsp3) is 0.417. The standard InChI is InChI=1S/C24H27NO6/c1-4-29-24(28)16-6-5-9-25(12-16)13-18-19(26)10-14(2)21-22(27)20(31-23(18)21)11-17-8-7-15(3)30-17/h7-8,10-11,16,26H,4-6,9,12-13H2,1-3H3/b20-11-. The van der Waals surface area contributed by atoms with E-state index in [2.05, 4.69) is 4.90 Å². The zero-order chi connectivity index (χ0) is 22.1. The first-order chi connectivity index (χ1) is 14.9. The summed E-state index contributed by atoms with van der Waals surface area (Å²) in [6, 6.07) is 5.19. The number of benzene rings is 1. The number of phenolic OH excluding ortho intramolecular Hbond substituents is 1. The number of piperidine rings is 1. The smallest absolute Gasteiger partial charge is 0.310 e. The van der Waals surface area contributed by atoms with E-state index in [-0.39, 0.29) is 29.2 Å². The summed E-state index contributed by atoms with van der Waals surface area (Å²) < 4.78 is 16.7. The molecule has 1 atom stereocenters. The van der Waals surface area contributed by atoms with Gasteiger partial charge in [0.2, 0.25) is 5.78 Å². The van der Waals surface area contributed by atoms with Crippen molar-refractivity contribution in [1.82, 2.24) is 4.90 Å². The number of aromatic hydroxyl groups is 1. The molecule has 2 aromatic rings. The highest BCUT2D eigenvalue weighted by molar-refractivity contribution is 6.15. The molecule has 7 nitrogen and oxygen atoms in total. The molecule has 2 aliphatic heterocycles. The quantitative estimate of drug-likeness (QED) is 0.572. The topological polar surface area (TPSA) is 89.2 Å². The Labute approximate surface area is 181 Å². The first-order valence-corrected chi connectivity index (χ1v) is 10.6. The van der Waals surface area contributed by atoms with Crippen molar-refractivity contribution in [3.63, 3.8) is 0 Å². The summed E-state index contributed by atoms with van der Waals surface area (Å²) in [6.07, 6.45) is 3.23. The van der Waals surface area contributed by atoms with Crippen molar-refractivity contribution in [3.05, 3.63) is 52.2 Å². The number of nitrogens with zero attached hydrogens (tertiary/aromatic N) is 1. The lowest BCUT2D eigenvalue weighted by Gasteiger charge is -2.31. The predicted octanol–water partition coefficient (Wildman–Crippen LogP) is 3.99. The third-order valence-electron chi connectivity index (χ3n) is 5.76. The maximum Gasteiger partial charge on any atom is 0.310 e. The van der Waals surface area contributed by atoms with E-state index in [1.807, 2.05) is 13.0 Å². The van der Waals surface area contributed by atoms with E-state index in [0.717, 1.165) is 25.1 Å². The zero-order valence-electron chi connectivity index (χ0n) is 18.1. The maximum absolute atomic E-state index is 13.0. The number of aryl methyl sites for hydroxylation is 2. The SMILES string of the molecule is CCOC(=O)C1CCCN(Cc2c(O)cc(C)c3c2O/C(=C\c2ccc(C)o2)C3=O)C1. The van der Waals surface area contributed by atoms with Gasteiger partial charge in [-0.1, -0.05) is 0 Å². The Morgan fingerprint density at radius 1 is 1.35 bits per heavy atom. The van der Waals surface area contributed by atoms with Crippen LogP contribution in [0, 0.1) is 19.8 Å². The highest BCUT2D eigenvalue weighted by Crippen LogP contribution is 2.42. The van der Waals surface area contributed by atoms with Gasteiger partial charge in [0.25, 0.3) is 0 Å². The lowest BCUT2D eigenvalue weighted by atomic mass is 9.96. The van der Waals surface area contributed by atoms with Gasteiger partial charge in [-0.2, -0.15) is 0 Å². The predicted molar refractivity (Wildman–Crippen MR) is 114 cm³/mol. The van der Waals surface area contributed by atoms with Crippen LogP contribution in [0.2, 0.25) is 0 Å². The van der Waals surface area contributed by atoms with Crippen LogP contribution >= 0.6 is 0 Å². The number of hydrogen-bond donors (Lipinski definition) is 1. The van der Waals surface area contributed by atoms with E-state index in [1.54, 1.807) is 32.1 Å². The molecule has 2 aliphatic rings. The molecule has 31 heavy (non-hydrogen) atoms. The molecule has 0 spiro atoms. The molecule has 0 amide bonds. The molecule has 3 heterocycles. The average Bonchev–Trinajstić information content (AvgIpc) is 3.29. The number of allylic oxidation sites excluding steroid dienone is 1. The first kappa shape index (κ1) is 21.2. The highest BCUT2D eigenvalue weighted by atomic mass is 16.5. The maximum atomic E-state index is 13.0. The number of Topliss-reactive ketones (excluding diaryl/α,β-unsaturated/α-hetero) is 1. The second-order valence-electron chi connectivity index (χ2n) is 8.11. The van der Waals surface area contributed by atoms with Crippen molar-refractivity contribution < 1.29 is 28.6 Å². The van der Waals surface area contributed by atoms with Gasteiger partial charge in [-0.3, -0.25) is 14.5 Å². The number of ketones is 1. The van der Waals surface area contributed by atoms with Gasteiger partial charge in [-0.25, -0.2) is 0 Å². The molecule has 1 fully saturated rings. The lowest BCUT2D eigenvalue weighted by Crippen LogP contribution is -2.39. The van der Waals surface area contributed by atoms with Crippen LogP contribution in [-0.2, 0) is 16.1 Å². The van der Waals surface area contributed by atoms with Gasteiger partial charge in [0.1, 0.15) is 23.0 Å². The minimum absolute atomic E-state index is 0.0809. The Kier molecular flexibility index (Phi) is 5.87. The molecular formula is C24H27NO6. The minimum atomic E-state index is -0.231. The van der Waals surface area contributed by atoms with E-state index in [9.17, 15) is 14.7 Å². The van der Waals surface area contributed by atoms with Crippen molar-refractivity contribution in [3.8, 4) is 11.5 Å². The Morgan fingerprint density at radius 3 is 2.87 bits per heavy atom. The van der Waals surface area contributed by atoms with Gasteiger partial charge in [-0.05, 0) is 63.9 Å². The van der Waals surface area contributed by atoms with E-state index in [4.69, 9.17) is 13.9 Å². The fourth-order valence-corrected chi connectivity index (χ4v) is 4.27. The molecule has 1 unspecified atom stereocenters. The van der Waals surface area contributed by atoms with Gasteiger partial charge in [-0.15, -0.1) is 0 Å². The number of fused-ring (bicyclic) bond motifs is 1. The largest absolute Gasteiger partial charge is 0.507 e. The summed E-state index contributed by atoms with van der Waals surface area (Å²) in [5.74, 6) is 1.31. The molecule has 4 rings (SSSR count). The minimum Gasteiger partial charge on any atom is -0.507 e. The summed E-state index contributed by atoms with van der Waals surface area (Å²) in [7, 11) is 0. The molecular weight excluding hydrogens is 398 g/mol. The number of carbonyl (C=O) groups excluding carboxylic acids is 2. The lowest BCUT2D eigenvalue weighted by molar-refractivity contribution is -0.150. The van der Waals surface area contributed by atoms with Crippen LogP contribution in [-0.4, -0.2) is 41.5 Å². The van der Waals surface area contributed by atoms with Gasteiger partial charge in [0, 0.05) is 19.2 Å². The molecule has 1 saturated heterocycles. The monoisotopic (exact) mass is 425 g/mol. The van der Waals surface area contributed by atoms with Crippen molar-refractivity contribution in [1.29, 1.82) is 0 Å². The average molecular weight is 425 g/mol. The van der Waals surface area contributed by atoms with Gasteiger partial charge < -0.3 is 19.0 Å². The van der Waals surface area contributed by atoms with Gasteiger partial charge in [0.15, 0.2) is 5.76 Å². The zero-order valence-corrected chi connectivity index (χ0v) is 18.1. The van der Waals surface area contributed by atoms with E-state index in [1.165, 1.54) is 0 Å². The molecule has 0 aliphatic carbocycles. The van der Waals surface area contributed by atoms with Crippen LogP contribution in [0.5, 0.6) is 11.5 Å². The van der Waals surface area contributed by atoms with E-state index in [0.29, 0.717) is 47.9 Å². The molecule has 0 bridgehead atoms. The van der Waals surface area contributed by atoms with Gasteiger partial charge >= 0.3 is 5.97 Å². The second kappa shape index (κ2) is 8.59. The molecule has 1 aromatic carbocycles. The van der Waals surface area contributed by atoms with Crippen LogP contribution in [0.15, 0.2) is 28.4 Å². The number of rotatable bonds is 5. The number of furan rings is 1. The Bertz CT molecular complexity index is 1050. The number of esters is 1. The number of phenols is 1. The van der Waals surface area contributed by atoms with Crippen LogP contribution in [0.3, 0.4) is 0 Å². The van der Waals surface area contributed by atoms with Crippen molar-refractivity contribution >= 4 is 17.8 Å². The van der Waals surface area contributed by atoms with E-state index < -0.39 is 0 Å². The third-order valence-corrected chi connectivity index (χ3v) is 5.76. The van der Waals surface area contributed by atoms with Crippen LogP contribution in [0.1, 0.15) is 52.8 Å². The molecule has 1 aromatic heterocycles. The van der Waals surface area contributed by atoms with Crippen LogP contribution < -0.4 is 4.74 Å². The van der Waals surface area contributed by atoms with Crippen molar-refractivity contribution in [2.75, 3.05) is 19.7 Å². The summed E-state index contributed by atoms with van der Waals surface area (Å²) in [5.41, 5.74) is 1.67. The van der Waals surface area contributed by atoms with Crippen LogP contribution in [0.4, 0.5) is 0 Å².